The first-order valence-corrected chi connectivity index (χ1v) is 8.20. The molecule has 0 radical (unpaired) electrons. The van der Waals surface area contributed by atoms with E-state index in [1.54, 1.807) is 0 Å². The molecule has 0 spiro atoms. The van der Waals surface area contributed by atoms with Crippen molar-refractivity contribution in [2.75, 3.05) is 0 Å². The summed E-state index contributed by atoms with van der Waals surface area (Å²) in [6, 6.07) is 9.84. The first-order valence-electron chi connectivity index (χ1n) is 8.20. The first-order chi connectivity index (χ1) is 10.6. The molecule has 5 atom stereocenters. The van der Waals surface area contributed by atoms with Gasteiger partial charge in [0.25, 0.3) is 0 Å². The van der Waals surface area contributed by atoms with Gasteiger partial charge in [0.2, 0.25) is 5.91 Å². The topological polar surface area (TPSA) is 66.4 Å². The van der Waals surface area contributed by atoms with Gasteiger partial charge in [0.05, 0.1) is 17.9 Å². The molecule has 2 aliphatic rings. The third kappa shape index (κ3) is 2.62. The van der Waals surface area contributed by atoms with Crippen LogP contribution in [0.1, 0.15) is 44.2 Å². The summed E-state index contributed by atoms with van der Waals surface area (Å²) in [6.07, 6.45) is 3.65. The second-order valence-electron chi connectivity index (χ2n) is 6.60. The number of carbonyl (C=O) groups is 2. The lowest BCUT2D eigenvalue weighted by atomic mass is 9.78. The maximum atomic E-state index is 12.7. The SMILES string of the molecule is CC[C@H](NC(=O)[C@@H]1[C@H]2CC[C@@H](C2)[C@@H]1C(=O)O)c1ccccc1. The normalized spacial score (nSPS) is 31.0. The van der Waals surface area contributed by atoms with Crippen LogP contribution >= 0.6 is 0 Å². The molecule has 3 rings (SSSR count). The van der Waals surface area contributed by atoms with Gasteiger partial charge < -0.3 is 10.4 Å². The van der Waals surface area contributed by atoms with Crippen LogP contribution < -0.4 is 5.32 Å². The second-order valence-corrected chi connectivity index (χ2v) is 6.60. The molecule has 2 bridgehead atoms. The van der Waals surface area contributed by atoms with Crippen molar-refractivity contribution in [1.82, 2.24) is 5.32 Å². The van der Waals surface area contributed by atoms with E-state index in [9.17, 15) is 14.7 Å². The molecule has 118 valence electrons. The smallest absolute Gasteiger partial charge is 0.307 e. The summed E-state index contributed by atoms with van der Waals surface area (Å²) < 4.78 is 0. The molecular formula is C18H23NO3. The van der Waals surface area contributed by atoms with Crippen molar-refractivity contribution >= 4 is 11.9 Å². The fourth-order valence-corrected chi connectivity index (χ4v) is 4.40. The minimum atomic E-state index is -0.805. The Labute approximate surface area is 130 Å². The van der Waals surface area contributed by atoms with Gasteiger partial charge in [-0.25, -0.2) is 0 Å². The lowest BCUT2D eigenvalue weighted by Crippen LogP contribution is -2.42. The van der Waals surface area contributed by atoms with Crippen LogP contribution in [0.2, 0.25) is 0 Å². The van der Waals surface area contributed by atoms with Crippen LogP contribution in [-0.4, -0.2) is 17.0 Å². The number of hydrogen-bond donors (Lipinski definition) is 2. The largest absolute Gasteiger partial charge is 0.481 e. The number of amides is 1. The number of fused-ring (bicyclic) bond motifs is 2. The van der Waals surface area contributed by atoms with Gasteiger partial charge >= 0.3 is 5.97 Å². The molecular weight excluding hydrogens is 278 g/mol. The Morgan fingerprint density at radius 1 is 1.18 bits per heavy atom. The highest BCUT2D eigenvalue weighted by atomic mass is 16.4. The number of nitrogens with one attached hydrogen (secondary N) is 1. The summed E-state index contributed by atoms with van der Waals surface area (Å²) in [4.78, 5) is 24.3. The summed E-state index contributed by atoms with van der Waals surface area (Å²) in [5, 5.41) is 12.6. The van der Waals surface area contributed by atoms with Gasteiger partial charge in [0.1, 0.15) is 0 Å². The zero-order valence-electron chi connectivity index (χ0n) is 12.9. The number of carbonyl (C=O) groups excluding carboxylic acids is 1. The van der Waals surface area contributed by atoms with Crippen LogP contribution in [0.3, 0.4) is 0 Å². The number of benzene rings is 1. The number of hydrogen-bond acceptors (Lipinski definition) is 2. The standard InChI is InChI=1S/C18H23NO3/c1-2-14(11-6-4-3-5-7-11)19-17(20)15-12-8-9-13(10-12)16(15)18(21)22/h3-7,12-16H,2,8-10H2,1H3,(H,19,20)(H,21,22)/t12-,13-,14-,15+,16-/m0/s1. The third-order valence-electron chi connectivity index (χ3n) is 5.43. The minimum Gasteiger partial charge on any atom is -0.481 e. The highest BCUT2D eigenvalue weighted by molar-refractivity contribution is 5.86. The molecule has 1 amide bonds. The van der Waals surface area contributed by atoms with Gasteiger partial charge in [-0.3, -0.25) is 9.59 Å². The Hall–Kier alpha value is -1.84. The summed E-state index contributed by atoms with van der Waals surface area (Å²) in [6.45, 7) is 2.04. The Balaban J connectivity index is 1.74. The summed E-state index contributed by atoms with van der Waals surface area (Å²) in [5.41, 5.74) is 1.08. The van der Waals surface area contributed by atoms with Crippen molar-refractivity contribution in [2.24, 2.45) is 23.7 Å². The van der Waals surface area contributed by atoms with Crippen LogP contribution in [-0.2, 0) is 9.59 Å². The van der Waals surface area contributed by atoms with Crippen molar-refractivity contribution in [3.05, 3.63) is 35.9 Å². The lowest BCUT2D eigenvalue weighted by molar-refractivity contribution is -0.149. The van der Waals surface area contributed by atoms with Gasteiger partial charge in [-0.2, -0.15) is 0 Å². The Kier molecular flexibility index (Phi) is 4.19. The van der Waals surface area contributed by atoms with E-state index in [0.717, 1.165) is 31.2 Å². The average Bonchev–Trinajstić information content (AvgIpc) is 3.14. The first kappa shape index (κ1) is 15.1. The van der Waals surface area contributed by atoms with E-state index in [1.165, 1.54) is 0 Å². The van der Waals surface area contributed by atoms with E-state index in [0.29, 0.717) is 0 Å². The molecule has 0 saturated heterocycles. The fourth-order valence-electron chi connectivity index (χ4n) is 4.40. The lowest BCUT2D eigenvalue weighted by Gasteiger charge is -2.29. The molecule has 2 fully saturated rings. The van der Waals surface area contributed by atoms with Crippen molar-refractivity contribution in [2.45, 2.75) is 38.6 Å². The number of aliphatic carboxylic acids is 1. The quantitative estimate of drug-likeness (QED) is 0.878. The molecule has 2 N–H and O–H groups in total. The highest BCUT2D eigenvalue weighted by Gasteiger charge is 2.54. The maximum Gasteiger partial charge on any atom is 0.307 e. The van der Waals surface area contributed by atoms with Gasteiger partial charge in [-0.05, 0) is 43.1 Å². The zero-order chi connectivity index (χ0) is 15.7. The van der Waals surface area contributed by atoms with Gasteiger partial charge in [0.15, 0.2) is 0 Å². The van der Waals surface area contributed by atoms with Gasteiger partial charge in [0, 0.05) is 0 Å². The van der Waals surface area contributed by atoms with E-state index in [2.05, 4.69) is 5.32 Å². The van der Waals surface area contributed by atoms with Crippen LogP contribution in [0.15, 0.2) is 30.3 Å². The predicted octanol–water partition coefficient (Wildman–Crippen LogP) is 3.00. The number of rotatable bonds is 5. The zero-order valence-corrected chi connectivity index (χ0v) is 12.9. The van der Waals surface area contributed by atoms with E-state index in [-0.39, 0.29) is 29.7 Å². The molecule has 0 aromatic heterocycles. The number of carboxylic acids is 1. The molecule has 4 nitrogen and oxygen atoms in total. The molecule has 2 saturated carbocycles. The van der Waals surface area contributed by atoms with Crippen molar-refractivity contribution in [1.29, 1.82) is 0 Å². The second kappa shape index (κ2) is 6.11. The Bertz CT molecular complexity index is 557. The molecule has 0 aliphatic heterocycles. The predicted molar refractivity (Wildman–Crippen MR) is 83.1 cm³/mol. The molecule has 1 aromatic carbocycles. The Morgan fingerprint density at radius 3 is 2.41 bits per heavy atom. The maximum absolute atomic E-state index is 12.7. The summed E-state index contributed by atoms with van der Waals surface area (Å²) >= 11 is 0. The van der Waals surface area contributed by atoms with E-state index in [1.807, 2.05) is 37.3 Å². The van der Waals surface area contributed by atoms with Gasteiger partial charge in [-0.1, -0.05) is 37.3 Å². The molecule has 2 aliphatic carbocycles. The van der Waals surface area contributed by atoms with Crippen LogP contribution in [0, 0.1) is 23.7 Å². The van der Waals surface area contributed by atoms with E-state index >= 15 is 0 Å². The molecule has 1 aromatic rings. The fraction of sp³-hybridized carbons (Fsp3) is 0.556. The van der Waals surface area contributed by atoms with Crippen molar-refractivity contribution in [3.63, 3.8) is 0 Å². The van der Waals surface area contributed by atoms with E-state index < -0.39 is 11.9 Å². The molecule has 4 heteroatoms. The monoisotopic (exact) mass is 301 g/mol. The van der Waals surface area contributed by atoms with Gasteiger partial charge in [-0.15, -0.1) is 0 Å². The van der Waals surface area contributed by atoms with Crippen molar-refractivity contribution < 1.29 is 14.7 Å². The van der Waals surface area contributed by atoms with Crippen LogP contribution in [0.5, 0.6) is 0 Å². The summed E-state index contributed by atoms with van der Waals surface area (Å²) in [7, 11) is 0. The molecule has 0 unspecified atom stereocenters. The van der Waals surface area contributed by atoms with Crippen LogP contribution in [0.25, 0.3) is 0 Å². The highest BCUT2D eigenvalue weighted by Crippen LogP contribution is 2.52. The van der Waals surface area contributed by atoms with Crippen molar-refractivity contribution in [3.8, 4) is 0 Å². The molecule has 22 heavy (non-hydrogen) atoms. The Morgan fingerprint density at radius 2 is 1.82 bits per heavy atom. The summed E-state index contributed by atoms with van der Waals surface area (Å²) in [5.74, 6) is -1.29. The van der Waals surface area contributed by atoms with Crippen LogP contribution in [0.4, 0.5) is 0 Å². The van der Waals surface area contributed by atoms with E-state index in [4.69, 9.17) is 0 Å². The minimum absolute atomic E-state index is 0.0396. The average molecular weight is 301 g/mol. The molecule has 0 heterocycles. The number of carboxylic acid groups (broad SMARTS) is 1. The third-order valence-corrected chi connectivity index (χ3v) is 5.43.